The Kier molecular flexibility index (Phi) is 7.39. The number of methoxy groups -OCH3 is 1. The van der Waals surface area contributed by atoms with Gasteiger partial charge in [0.1, 0.15) is 17.3 Å². The molecular weight excluding hydrogens is 497 g/mol. The largest absolute Gasteiger partial charge is 0.377 e. The first-order chi connectivity index (χ1) is 17.5. The molecule has 2 atom stereocenters. The van der Waals surface area contributed by atoms with E-state index in [4.69, 9.17) is 21.3 Å². The predicted octanol–water partition coefficient (Wildman–Crippen LogP) is 4.29. The van der Waals surface area contributed by atoms with Gasteiger partial charge >= 0.3 is 5.69 Å². The van der Waals surface area contributed by atoms with E-state index in [1.54, 1.807) is 36.3 Å². The summed E-state index contributed by atoms with van der Waals surface area (Å²) in [5.74, 6) is -0.193. The van der Waals surface area contributed by atoms with Crippen molar-refractivity contribution >= 4 is 34.4 Å². The van der Waals surface area contributed by atoms with Gasteiger partial charge in [-0.3, -0.25) is 9.36 Å². The molecule has 1 saturated heterocycles. The van der Waals surface area contributed by atoms with E-state index >= 15 is 0 Å². The maximum atomic E-state index is 14.7. The molecule has 0 spiro atoms. The number of ether oxygens (including phenoxy) is 1. The Hall–Kier alpha value is -3.30. The molecule has 2 aromatic heterocycles. The van der Waals surface area contributed by atoms with Gasteiger partial charge in [-0.2, -0.15) is 4.98 Å². The van der Waals surface area contributed by atoms with Crippen LogP contribution in [-0.4, -0.2) is 63.2 Å². The zero-order chi connectivity index (χ0) is 27.1. The number of fused-ring (bicyclic) bond motifs is 1. The van der Waals surface area contributed by atoms with Crippen molar-refractivity contribution in [3.63, 3.8) is 0 Å². The van der Waals surface area contributed by atoms with E-state index in [1.165, 1.54) is 16.7 Å². The summed E-state index contributed by atoms with van der Waals surface area (Å²) < 4.78 is 21.7. The molecule has 0 bridgehead atoms. The number of nitrogens with zero attached hydrogens (tertiary/aromatic N) is 5. The van der Waals surface area contributed by atoms with E-state index < -0.39 is 17.1 Å². The van der Waals surface area contributed by atoms with E-state index in [2.05, 4.69) is 11.6 Å². The maximum Gasteiger partial charge on any atom is 0.351 e. The van der Waals surface area contributed by atoms with E-state index in [0.717, 1.165) is 0 Å². The number of benzene rings is 1. The number of carbonyl (C=O) groups excluding carboxylic acids is 1. The Morgan fingerprint density at radius 3 is 2.59 bits per heavy atom. The van der Waals surface area contributed by atoms with Gasteiger partial charge in [-0.1, -0.05) is 30.3 Å². The number of carbonyl (C=O) groups is 1. The molecule has 1 aliphatic heterocycles. The summed E-state index contributed by atoms with van der Waals surface area (Å²) >= 11 is 6.67. The third kappa shape index (κ3) is 5.10. The van der Waals surface area contributed by atoms with Crippen molar-refractivity contribution in [2.24, 2.45) is 0 Å². The molecule has 0 aliphatic carbocycles. The minimum atomic E-state index is -0.697. The van der Waals surface area contributed by atoms with Crippen LogP contribution in [0.1, 0.15) is 27.7 Å². The lowest BCUT2D eigenvalue weighted by Crippen LogP contribution is -2.58. The van der Waals surface area contributed by atoms with Gasteiger partial charge in [0, 0.05) is 37.8 Å². The molecule has 0 radical (unpaired) electrons. The Morgan fingerprint density at radius 2 is 1.95 bits per heavy atom. The van der Waals surface area contributed by atoms with E-state index in [1.807, 2.05) is 32.6 Å². The summed E-state index contributed by atoms with van der Waals surface area (Å²) in [6, 6.07) is 7.62. The quantitative estimate of drug-likeness (QED) is 0.445. The third-order valence-electron chi connectivity index (χ3n) is 6.82. The number of pyridine rings is 1. The summed E-state index contributed by atoms with van der Waals surface area (Å²) in [4.78, 5) is 38.7. The molecule has 8 nitrogen and oxygen atoms in total. The number of hydrogen-bond acceptors (Lipinski definition) is 6. The summed E-state index contributed by atoms with van der Waals surface area (Å²) in [6.07, 6.45) is 1.30. The van der Waals surface area contributed by atoms with Gasteiger partial charge in [-0.25, -0.2) is 14.2 Å². The highest BCUT2D eigenvalue weighted by molar-refractivity contribution is 6.33. The van der Waals surface area contributed by atoms with Gasteiger partial charge in [0.2, 0.25) is 5.91 Å². The van der Waals surface area contributed by atoms with Crippen molar-refractivity contribution in [3.8, 4) is 11.3 Å². The first-order valence-electron chi connectivity index (χ1n) is 12.1. The fourth-order valence-electron chi connectivity index (χ4n) is 4.65. The average Bonchev–Trinajstić information content (AvgIpc) is 2.86. The van der Waals surface area contributed by atoms with E-state index in [-0.39, 0.29) is 40.8 Å². The number of halogens is 2. The molecule has 10 heteroatoms. The summed E-state index contributed by atoms with van der Waals surface area (Å²) in [5.41, 5.74) is -0.414. The van der Waals surface area contributed by atoms with Crippen LogP contribution in [0, 0.1) is 5.82 Å². The first-order valence-corrected chi connectivity index (χ1v) is 12.5. The SMILES string of the molecule is C=CC(=O)N1CC(C)N(c2nc(=O)n(CC(C)(C)OC)c3nc(-c4ccccc4F)c(Cl)cc23)CC1C. The number of anilines is 1. The van der Waals surface area contributed by atoms with Crippen LogP contribution in [0.2, 0.25) is 5.02 Å². The van der Waals surface area contributed by atoms with Crippen LogP contribution < -0.4 is 10.6 Å². The molecular formula is C27H31ClFN5O3. The lowest BCUT2D eigenvalue weighted by atomic mass is 10.1. The summed E-state index contributed by atoms with van der Waals surface area (Å²) in [5, 5.41) is 0.789. The third-order valence-corrected chi connectivity index (χ3v) is 7.11. The van der Waals surface area contributed by atoms with Crippen LogP contribution >= 0.6 is 11.6 Å². The second-order valence-electron chi connectivity index (χ2n) is 9.98. The Labute approximate surface area is 220 Å². The molecule has 0 saturated carbocycles. The van der Waals surface area contributed by atoms with Crippen LogP contribution in [-0.2, 0) is 16.1 Å². The second kappa shape index (κ2) is 10.2. The van der Waals surface area contributed by atoms with Crippen LogP contribution in [0.15, 0.2) is 47.8 Å². The zero-order valence-electron chi connectivity index (χ0n) is 21.7. The van der Waals surface area contributed by atoms with Crippen LogP contribution in [0.3, 0.4) is 0 Å². The fraction of sp³-hybridized carbons (Fsp3) is 0.407. The Morgan fingerprint density at radius 1 is 1.24 bits per heavy atom. The van der Waals surface area contributed by atoms with Gasteiger partial charge in [0.25, 0.3) is 0 Å². The predicted molar refractivity (Wildman–Crippen MR) is 143 cm³/mol. The molecule has 0 N–H and O–H groups in total. The standard InChI is InChI=1S/C27H31ClFN5O3/c1-7-22(35)32-13-17(3)33(14-16(32)2)25-19-12-20(28)23(18-10-8-9-11-21(18)29)30-24(19)34(26(36)31-25)15-27(4,5)37-6/h7-12,16-17H,1,13-15H2,2-6H3. The highest BCUT2D eigenvalue weighted by Crippen LogP contribution is 2.35. The monoisotopic (exact) mass is 527 g/mol. The van der Waals surface area contributed by atoms with Gasteiger partial charge in [0.05, 0.1) is 28.2 Å². The first kappa shape index (κ1) is 26.8. The highest BCUT2D eigenvalue weighted by atomic mass is 35.5. The number of rotatable bonds is 6. The molecule has 1 amide bonds. The number of aromatic nitrogens is 3. The minimum Gasteiger partial charge on any atom is -0.377 e. The van der Waals surface area contributed by atoms with Crippen molar-refractivity contribution < 1.29 is 13.9 Å². The number of amides is 1. The second-order valence-corrected chi connectivity index (χ2v) is 10.4. The fourth-order valence-corrected chi connectivity index (χ4v) is 4.90. The van der Waals surface area contributed by atoms with E-state index in [0.29, 0.717) is 29.9 Å². The summed E-state index contributed by atoms with van der Waals surface area (Å²) in [7, 11) is 1.57. The number of hydrogen-bond donors (Lipinski definition) is 0. The highest BCUT2D eigenvalue weighted by Gasteiger charge is 2.34. The average molecular weight is 528 g/mol. The van der Waals surface area contributed by atoms with Crippen LogP contribution in [0.5, 0.6) is 0 Å². The molecule has 2 unspecified atom stereocenters. The van der Waals surface area contributed by atoms with Crippen molar-refractivity contribution in [1.82, 2.24) is 19.4 Å². The maximum absolute atomic E-state index is 14.7. The van der Waals surface area contributed by atoms with Gasteiger partial charge in [-0.05, 0) is 52.0 Å². The Balaban J connectivity index is 1.94. The minimum absolute atomic E-state index is 0.144. The van der Waals surface area contributed by atoms with E-state index in [9.17, 15) is 14.0 Å². The lowest BCUT2D eigenvalue weighted by molar-refractivity contribution is -0.128. The number of piperazine rings is 1. The normalized spacial score (nSPS) is 18.4. The molecule has 1 aliphatic rings. The van der Waals surface area contributed by atoms with Crippen molar-refractivity contribution in [3.05, 3.63) is 64.3 Å². The summed E-state index contributed by atoms with van der Waals surface area (Å²) in [6.45, 7) is 12.3. The molecule has 1 fully saturated rings. The Bertz CT molecular complexity index is 1420. The smallest absolute Gasteiger partial charge is 0.351 e. The van der Waals surface area contributed by atoms with Gasteiger partial charge < -0.3 is 14.5 Å². The molecule has 1 aromatic carbocycles. The van der Waals surface area contributed by atoms with Crippen LogP contribution in [0.25, 0.3) is 22.3 Å². The lowest BCUT2D eigenvalue weighted by Gasteiger charge is -2.44. The zero-order valence-corrected chi connectivity index (χ0v) is 22.4. The topological polar surface area (TPSA) is 80.6 Å². The van der Waals surface area contributed by atoms with Crippen molar-refractivity contribution in [1.29, 1.82) is 0 Å². The molecule has 3 heterocycles. The van der Waals surface area contributed by atoms with Crippen LogP contribution in [0.4, 0.5) is 10.2 Å². The van der Waals surface area contributed by atoms with Gasteiger partial charge in [0.15, 0.2) is 0 Å². The molecule has 196 valence electrons. The molecule has 4 rings (SSSR count). The molecule has 37 heavy (non-hydrogen) atoms. The molecule has 3 aromatic rings. The van der Waals surface area contributed by atoms with Crippen molar-refractivity contribution in [2.75, 3.05) is 25.1 Å². The van der Waals surface area contributed by atoms with Crippen molar-refractivity contribution in [2.45, 2.75) is 51.9 Å². The van der Waals surface area contributed by atoms with Gasteiger partial charge in [-0.15, -0.1) is 0 Å².